The zero-order chi connectivity index (χ0) is 111. The molecule has 3 nitrogen and oxygen atoms in total. The Balaban J connectivity index is 0.000000116. The predicted molar refractivity (Wildman–Crippen MR) is 583 cm³/mol. The summed E-state index contributed by atoms with van der Waals surface area (Å²) in [4.78, 5) is 0. The SMILES string of the molecule is [2H]c1c([2H])c([2H])c2c(-c3ccc4oc5ccccc5c4c3)c3c([2H])c([2H])c([2H])c([2H])c3c(-c3ccc(-c4cccc5ccccc45)cc3)c2c1[2H].[2H]c1c([2H])c([2H])c2c(-c3ccc4oc5ccccc5c4c3)c3c([2H])c([2H])c([2H])c([2H])c3c(-c3cccc(-c4cc5ccccc5c5ccccc45)c3)c2c1[2H].[2H]c1c([2H])c([2H])c2c(-c3ccc4oc5ccccc5c4c3)c3c([2H])c([2H])c([2H])c([2H])c3c(-c3cccc(-c4cccc5c4ccc4ccccc45)c3)c2c1[2H]. The van der Waals surface area contributed by atoms with Crippen LogP contribution in [-0.2, 0) is 0 Å². The highest BCUT2D eigenvalue weighted by Gasteiger charge is 2.25. The highest BCUT2D eigenvalue weighted by molar-refractivity contribution is 6.27. The maximum atomic E-state index is 9.40. The lowest BCUT2D eigenvalue weighted by atomic mass is 9.85. The molecular weight excluding hydrogens is 1660 g/mol. The molecule has 0 saturated heterocycles. The summed E-state index contributed by atoms with van der Waals surface area (Å²) in [7, 11) is 0. The van der Waals surface area contributed by atoms with E-state index in [1.54, 1.807) is 36.4 Å². The molecule has 0 radical (unpaired) electrons. The Morgan fingerprint density at radius 2 is 0.372 bits per heavy atom. The van der Waals surface area contributed by atoms with Crippen LogP contribution in [-0.4, -0.2) is 0 Å². The lowest BCUT2D eigenvalue weighted by Gasteiger charge is -2.18. The smallest absolute Gasteiger partial charge is 0.135 e. The maximum Gasteiger partial charge on any atom is 0.135 e. The number of rotatable bonds is 9. The van der Waals surface area contributed by atoms with Crippen molar-refractivity contribution < 1.29 is 46.1 Å². The largest absolute Gasteiger partial charge is 0.456 e. The van der Waals surface area contributed by atoms with Crippen LogP contribution in [0.1, 0.15) is 32.9 Å². The molecule has 3 heteroatoms. The highest BCUT2D eigenvalue weighted by atomic mass is 16.3. The Labute approximate surface area is 823 Å². The first kappa shape index (κ1) is 58.0. The Morgan fingerprint density at radius 1 is 0.124 bits per heavy atom. The fourth-order valence-electron chi connectivity index (χ4n) is 20.8. The molecule has 29 rings (SSSR count). The molecule has 0 saturated carbocycles. The van der Waals surface area contributed by atoms with E-state index in [0.717, 1.165) is 120 Å². The molecule has 0 N–H and O–H groups in total. The number of furan rings is 3. The first-order valence-electron chi connectivity index (χ1n) is 57.2. The summed E-state index contributed by atoms with van der Waals surface area (Å²) in [5, 5.41) is 17.9. The summed E-state index contributed by atoms with van der Waals surface area (Å²) in [5.41, 5.74) is 14.7. The van der Waals surface area contributed by atoms with Crippen molar-refractivity contribution in [3.05, 3.63) is 497 Å². The van der Waals surface area contributed by atoms with Gasteiger partial charge in [0.15, 0.2) is 0 Å². The van der Waals surface area contributed by atoms with Gasteiger partial charge in [0, 0.05) is 32.3 Å². The van der Waals surface area contributed by atoms with Gasteiger partial charge in [0.25, 0.3) is 0 Å². The summed E-state index contributed by atoms with van der Waals surface area (Å²) >= 11 is 0. The fourth-order valence-corrected chi connectivity index (χ4v) is 20.8. The van der Waals surface area contributed by atoms with E-state index in [9.17, 15) is 16.4 Å². The number of benzene rings is 26. The predicted octanol–water partition coefficient (Wildman–Crippen LogP) is 38.4. The van der Waals surface area contributed by atoms with Gasteiger partial charge in [-0.3, -0.25) is 0 Å². The van der Waals surface area contributed by atoms with Crippen LogP contribution < -0.4 is 0 Å². The summed E-state index contributed by atoms with van der Waals surface area (Å²) in [6.45, 7) is 0. The van der Waals surface area contributed by atoms with Crippen molar-refractivity contribution in [3.8, 4) is 100 Å². The lowest BCUT2D eigenvalue weighted by molar-refractivity contribution is 0.668. The van der Waals surface area contributed by atoms with Gasteiger partial charge in [0.05, 0.1) is 32.9 Å². The quantitative estimate of drug-likeness (QED) is 0.107. The molecule has 0 aliphatic heterocycles. The molecule has 636 valence electrons. The fraction of sp³-hybridized carbons (Fsp3) is 0. The lowest BCUT2D eigenvalue weighted by Crippen LogP contribution is -1.91. The molecule has 0 fully saturated rings. The first-order valence-corrected chi connectivity index (χ1v) is 45.2. The number of fused-ring (bicyclic) bond motifs is 22. The van der Waals surface area contributed by atoms with Crippen molar-refractivity contribution in [2.24, 2.45) is 0 Å². The average molecular weight is 1760 g/mol. The normalized spacial score (nSPS) is 14.2. The third kappa shape index (κ3) is 13.2. The van der Waals surface area contributed by atoms with Gasteiger partial charge >= 0.3 is 0 Å². The minimum atomic E-state index is -0.434. The summed E-state index contributed by atoms with van der Waals surface area (Å²) in [6, 6.07) is 105. The van der Waals surface area contributed by atoms with E-state index in [2.05, 4.69) is 78.9 Å². The van der Waals surface area contributed by atoms with E-state index >= 15 is 0 Å². The Bertz CT molecular complexity index is 11300. The van der Waals surface area contributed by atoms with Gasteiger partial charge in [-0.15, -0.1) is 0 Å². The van der Waals surface area contributed by atoms with Crippen LogP contribution in [0.25, 0.3) is 284 Å². The molecule has 3 heterocycles. The topological polar surface area (TPSA) is 39.4 Å². The molecule has 0 unspecified atom stereocenters. The van der Waals surface area contributed by atoms with Gasteiger partial charge in [-0.1, -0.05) is 424 Å². The zero-order valence-corrected chi connectivity index (χ0v) is 72.7. The van der Waals surface area contributed by atoms with Crippen LogP contribution in [0, 0.1) is 0 Å². The van der Waals surface area contributed by atoms with Crippen molar-refractivity contribution >= 4 is 184 Å². The van der Waals surface area contributed by atoms with Gasteiger partial charge < -0.3 is 13.3 Å². The highest BCUT2D eigenvalue weighted by Crippen LogP contribution is 2.52. The van der Waals surface area contributed by atoms with Gasteiger partial charge in [-0.05, 0) is 291 Å². The number of hydrogen-bond acceptors (Lipinski definition) is 3. The second-order valence-electron chi connectivity index (χ2n) is 34.3. The minimum Gasteiger partial charge on any atom is -0.456 e. The van der Waals surface area contributed by atoms with Crippen molar-refractivity contribution in [2.45, 2.75) is 0 Å². The molecule has 3 aromatic heterocycles. The average Bonchev–Trinajstić information content (AvgIpc) is 1.49. The summed E-state index contributed by atoms with van der Waals surface area (Å²) < 4.78 is 236. The monoisotopic (exact) mass is 1760 g/mol. The van der Waals surface area contributed by atoms with Gasteiger partial charge in [0.2, 0.25) is 0 Å². The molecule has 0 aliphatic rings. The van der Waals surface area contributed by atoms with Crippen molar-refractivity contribution in [3.63, 3.8) is 0 Å². The van der Waals surface area contributed by atoms with E-state index in [-0.39, 0.29) is 137 Å². The first-order chi connectivity index (χ1) is 77.9. The van der Waals surface area contributed by atoms with Gasteiger partial charge in [-0.2, -0.15) is 0 Å². The van der Waals surface area contributed by atoms with E-state index in [1.165, 1.54) is 0 Å². The van der Waals surface area contributed by atoms with Gasteiger partial charge in [-0.25, -0.2) is 0 Å². The van der Waals surface area contributed by atoms with Crippen LogP contribution in [0.2, 0.25) is 0 Å². The third-order valence-electron chi connectivity index (χ3n) is 26.9. The van der Waals surface area contributed by atoms with Gasteiger partial charge in [0.1, 0.15) is 33.5 Å². The van der Waals surface area contributed by atoms with E-state index in [0.29, 0.717) is 100 Å². The molecule has 0 spiro atoms. The van der Waals surface area contributed by atoms with Crippen molar-refractivity contribution in [1.82, 2.24) is 0 Å². The standard InChI is InChI=1S/2C46H28O.C42H26O/c1-2-14-33-29(11-1)23-25-36-34(20-10-21-35(33)36)30-12-9-13-31(27-30)45-38-16-3-5-18-40(38)46(41-19-6-4-17-39(41)45)32-24-26-44-42(28-32)37-15-7-8-22-43(37)47-44;1-2-15-33-30(12-1)27-41(35-17-4-3-16-34(33)35)29-13-11-14-31(26-29)45-37-19-5-7-21-39(37)46(40-22-8-6-20-38(40)45)32-24-25-44-42(28-32)36-18-9-10-23-43(36)47-44;1-2-12-31-27(10-1)11-9-18-32(31)28-20-22-29(23-21-28)41-34-14-3-5-16-36(34)42(37-17-6-4-15-35(37)41)30-24-25-40-38(26-30)33-13-7-8-19-39(33)43-40/h2*1-28H;1-26H/i3D,4D,5D,6D,16D,17D,18D,19D;5D,6D,7D,8D,19D,20D,21D,22D;3D,4D,5D,6D,14D,15D,16D,17D. The van der Waals surface area contributed by atoms with Crippen LogP contribution in [0.4, 0.5) is 0 Å². The molecule has 0 atom stereocenters. The van der Waals surface area contributed by atoms with E-state index in [1.807, 2.05) is 237 Å². The molecule has 0 aliphatic carbocycles. The van der Waals surface area contributed by atoms with Crippen molar-refractivity contribution in [1.29, 1.82) is 0 Å². The zero-order valence-electron chi connectivity index (χ0n) is 96.7. The number of para-hydroxylation sites is 3. The minimum absolute atomic E-state index is 0.173. The summed E-state index contributed by atoms with van der Waals surface area (Å²) in [5.74, 6) is 0. The molecule has 26 aromatic carbocycles. The molecule has 0 bridgehead atoms. The summed E-state index contributed by atoms with van der Waals surface area (Å²) in [6.07, 6.45) is 0. The van der Waals surface area contributed by atoms with Crippen LogP contribution in [0.15, 0.2) is 510 Å². The van der Waals surface area contributed by atoms with E-state index in [4.69, 9.17) is 29.7 Å². The second kappa shape index (κ2) is 32.5. The second-order valence-corrected chi connectivity index (χ2v) is 34.3. The van der Waals surface area contributed by atoms with E-state index < -0.39 is 72.5 Å². The molecule has 29 aromatic rings. The number of hydrogen-bond donors (Lipinski definition) is 0. The Morgan fingerprint density at radius 3 is 0.781 bits per heavy atom. The molecule has 0 amide bonds. The Kier molecular flexibility index (Phi) is 13.7. The third-order valence-corrected chi connectivity index (χ3v) is 26.9. The van der Waals surface area contributed by atoms with Crippen LogP contribution in [0.5, 0.6) is 0 Å². The van der Waals surface area contributed by atoms with Crippen molar-refractivity contribution in [2.75, 3.05) is 0 Å². The van der Waals surface area contributed by atoms with Crippen LogP contribution >= 0.6 is 0 Å². The maximum absolute atomic E-state index is 9.40. The molecule has 137 heavy (non-hydrogen) atoms. The Hall–Kier alpha value is -18.0. The molecular formula is C134H82O3. The van der Waals surface area contributed by atoms with Crippen LogP contribution in [0.3, 0.4) is 0 Å².